The van der Waals surface area contributed by atoms with Crippen LogP contribution in [0.1, 0.15) is 26.9 Å². The Morgan fingerprint density at radius 1 is 1.25 bits per heavy atom. The van der Waals surface area contributed by atoms with E-state index in [2.05, 4.69) is 35.2 Å². The summed E-state index contributed by atoms with van der Waals surface area (Å²) in [5.41, 5.74) is 2.45. The zero-order valence-electron chi connectivity index (χ0n) is 9.69. The highest BCUT2D eigenvalue weighted by molar-refractivity contribution is 7.12. The van der Waals surface area contributed by atoms with Crippen LogP contribution in [0.5, 0.6) is 0 Å². The summed E-state index contributed by atoms with van der Waals surface area (Å²) in [5, 5.41) is 3.31. The average Bonchev–Trinajstić information content (AvgIpc) is 2.61. The molecule has 0 radical (unpaired) electrons. The maximum atomic E-state index is 4.06. The maximum absolute atomic E-state index is 4.06. The minimum absolute atomic E-state index is 0.193. The van der Waals surface area contributed by atoms with Gasteiger partial charge in [-0.05, 0) is 32.5 Å². The van der Waals surface area contributed by atoms with Gasteiger partial charge >= 0.3 is 0 Å². The Morgan fingerprint density at radius 2 is 1.94 bits per heavy atom. The Kier molecular flexibility index (Phi) is 3.31. The lowest BCUT2D eigenvalue weighted by Gasteiger charge is -2.13. The Morgan fingerprint density at radius 3 is 2.44 bits per heavy atom. The van der Waals surface area contributed by atoms with Crippen LogP contribution in [-0.4, -0.2) is 17.0 Å². The number of thiophene rings is 1. The van der Waals surface area contributed by atoms with Crippen molar-refractivity contribution < 1.29 is 0 Å². The van der Waals surface area contributed by atoms with E-state index in [9.17, 15) is 0 Å². The molecule has 2 heterocycles. The second-order valence-electron chi connectivity index (χ2n) is 3.78. The molecule has 84 valence electrons. The lowest BCUT2D eigenvalue weighted by atomic mass is 10.1. The van der Waals surface area contributed by atoms with Crippen molar-refractivity contribution in [2.75, 3.05) is 7.05 Å². The van der Waals surface area contributed by atoms with Crippen LogP contribution in [0.3, 0.4) is 0 Å². The van der Waals surface area contributed by atoms with Crippen LogP contribution in [0, 0.1) is 13.8 Å². The molecule has 0 amide bonds. The monoisotopic (exact) mass is 233 g/mol. The van der Waals surface area contributed by atoms with Gasteiger partial charge in [0.15, 0.2) is 0 Å². The molecule has 0 spiro atoms. The van der Waals surface area contributed by atoms with Gasteiger partial charge in [0.25, 0.3) is 0 Å². The molecule has 0 aliphatic carbocycles. The van der Waals surface area contributed by atoms with Crippen LogP contribution in [0.25, 0.3) is 0 Å². The van der Waals surface area contributed by atoms with E-state index in [1.165, 1.54) is 15.3 Å². The number of nitrogens with zero attached hydrogens (tertiary/aromatic N) is 2. The summed E-state index contributed by atoms with van der Waals surface area (Å²) in [7, 11) is 1.96. The molecule has 0 saturated heterocycles. The van der Waals surface area contributed by atoms with Gasteiger partial charge in [-0.15, -0.1) is 11.3 Å². The first kappa shape index (κ1) is 11.2. The van der Waals surface area contributed by atoms with Crippen molar-refractivity contribution >= 4 is 11.3 Å². The topological polar surface area (TPSA) is 37.8 Å². The van der Waals surface area contributed by atoms with Gasteiger partial charge in [0.05, 0.1) is 6.04 Å². The van der Waals surface area contributed by atoms with E-state index in [1.54, 1.807) is 6.33 Å². The molecule has 1 unspecified atom stereocenters. The van der Waals surface area contributed by atoms with Crippen LogP contribution in [0.4, 0.5) is 0 Å². The fourth-order valence-corrected chi connectivity index (χ4v) is 2.86. The van der Waals surface area contributed by atoms with Crippen molar-refractivity contribution in [3.63, 3.8) is 0 Å². The summed E-state index contributed by atoms with van der Waals surface area (Å²) in [5.74, 6) is 0. The van der Waals surface area contributed by atoms with Crippen LogP contribution in [0.2, 0.25) is 0 Å². The highest BCUT2D eigenvalue weighted by Gasteiger charge is 2.15. The molecule has 2 aromatic rings. The maximum Gasteiger partial charge on any atom is 0.115 e. The molecule has 3 nitrogen and oxygen atoms in total. The SMILES string of the molecule is CNC(c1cncnc1)c1cc(C)c(C)s1. The van der Waals surface area contributed by atoms with Gasteiger partial charge in [0.2, 0.25) is 0 Å². The Bertz CT molecular complexity index is 445. The van der Waals surface area contributed by atoms with E-state index in [0.717, 1.165) is 5.56 Å². The molecule has 0 fully saturated rings. The smallest absolute Gasteiger partial charge is 0.115 e. The molecule has 4 heteroatoms. The van der Waals surface area contributed by atoms with E-state index < -0.39 is 0 Å². The summed E-state index contributed by atoms with van der Waals surface area (Å²) in [4.78, 5) is 10.8. The summed E-state index contributed by atoms with van der Waals surface area (Å²) in [6.07, 6.45) is 5.28. The van der Waals surface area contributed by atoms with Crippen molar-refractivity contribution in [1.29, 1.82) is 0 Å². The molecule has 0 aliphatic heterocycles. The summed E-state index contributed by atoms with van der Waals surface area (Å²) < 4.78 is 0. The van der Waals surface area contributed by atoms with Gasteiger partial charge in [0, 0.05) is 27.7 Å². The Hall–Kier alpha value is -1.26. The zero-order valence-corrected chi connectivity index (χ0v) is 10.5. The molecule has 0 aliphatic rings. The van der Waals surface area contributed by atoms with Crippen molar-refractivity contribution in [2.45, 2.75) is 19.9 Å². The molecule has 0 bridgehead atoms. The molecule has 1 atom stereocenters. The van der Waals surface area contributed by atoms with Gasteiger partial charge in [-0.25, -0.2) is 9.97 Å². The predicted molar refractivity (Wildman–Crippen MR) is 66.7 cm³/mol. The van der Waals surface area contributed by atoms with Gasteiger partial charge in [0.1, 0.15) is 6.33 Å². The third-order valence-corrected chi connectivity index (χ3v) is 3.89. The highest BCUT2D eigenvalue weighted by atomic mass is 32.1. The van der Waals surface area contributed by atoms with E-state index in [1.807, 2.05) is 30.8 Å². The number of hydrogen-bond acceptors (Lipinski definition) is 4. The summed E-state index contributed by atoms with van der Waals surface area (Å²) >= 11 is 1.82. The minimum Gasteiger partial charge on any atom is -0.309 e. The van der Waals surface area contributed by atoms with Crippen molar-refractivity contribution in [1.82, 2.24) is 15.3 Å². The first-order valence-electron chi connectivity index (χ1n) is 5.21. The van der Waals surface area contributed by atoms with Crippen LogP contribution < -0.4 is 5.32 Å². The van der Waals surface area contributed by atoms with Gasteiger partial charge in [-0.2, -0.15) is 0 Å². The van der Waals surface area contributed by atoms with E-state index in [-0.39, 0.29) is 6.04 Å². The number of aryl methyl sites for hydroxylation is 2. The van der Waals surface area contributed by atoms with Crippen molar-refractivity contribution in [3.8, 4) is 0 Å². The highest BCUT2D eigenvalue weighted by Crippen LogP contribution is 2.29. The number of rotatable bonds is 3. The first-order valence-corrected chi connectivity index (χ1v) is 6.03. The molecule has 0 aromatic carbocycles. The van der Waals surface area contributed by atoms with E-state index in [4.69, 9.17) is 0 Å². The van der Waals surface area contributed by atoms with Crippen molar-refractivity contribution in [3.05, 3.63) is 45.7 Å². The Balaban J connectivity index is 2.37. The number of hydrogen-bond donors (Lipinski definition) is 1. The van der Waals surface area contributed by atoms with E-state index >= 15 is 0 Å². The second kappa shape index (κ2) is 4.72. The zero-order chi connectivity index (χ0) is 11.5. The predicted octanol–water partition coefficient (Wildman–Crippen LogP) is 2.46. The van der Waals surface area contributed by atoms with Crippen LogP contribution in [-0.2, 0) is 0 Å². The van der Waals surface area contributed by atoms with Gasteiger partial charge in [-0.1, -0.05) is 0 Å². The molecule has 16 heavy (non-hydrogen) atoms. The fourth-order valence-electron chi connectivity index (χ4n) is 1.68. The molecular weight excluding hydrogens is 218 g/mol. The number of aromatic nitrogens is 2. The summed E-state index contributed by atoms with van der Waals surface area (Å²) in [6, 6.07) is 2.42. The summed E-state index contributed by atoms with van der Waals surface area (Å²) in [6.45, 7) is 4.29. The van der Waals surface area contributed by atoms with E-state index in [0.29, 0.717) is 0 Å². The minimum atomic E-state index is 0.193. The normalized spacial score (nSPS) is 12.7. The van der Waals surface area contributed by atoms with Crippen molar-refractivity contribution in [2.24, 2.45) is 0 Å². The first-order chi connectivity index (χ1) is 7.72. The van der Waals surface area contributed by atoms with Crippen LogP contribution >= 0.6 is 11.3 Å². The molecule has 0 saturated carbocycles. The number of nitrogens with one attached hydrogen (secondary N) is 1. The van der Waals surface area contributed by atoms with Gasteiger partial charge < -0.3 is 5.32 Å². The fraction of sp³-hybridized carbons (Fsp3) is 0.333. The molecule has 2 aromatic heterocycles. The third kappa shape index (κ3) is 2.13. The standard InChI is InChI=1S/C12H15N3S/c1-8-4-11(16-9(8)2)12(13-3)10-5-14-7-15-6-10/h4-7,12-13H,1-3H3. The second-order valence-corrected chi connectivity index (χ2v) is 5.07. The quantitative estimate of drug-likeness (QED) is 0.885. The molecule has 1 N–H and O–H groups in total. The molecule has 2 rings (SSSR count). The lowest BCUT2D eigenvalue weighted by molar-refractivity contribution is 0.696. The average molecular weight is 233 g/mol. The molecular formula is C12H15N3S. The van der Waals surface area contributed by atoms with Crippen LogP contribution in [0.15, 0.2) is 24.8 Å². The Labute approximate surface area is 99.6 Å². The third-order valence-electron chi connectivity index (χ3n) is 2.67. The van der Waals surface area contributed by atoms with Gasteiger partial charge in [-0.3, -0.25) is 0 Å². The largest absolute Gasteiger partial charge is 0.309 e. The lowest BCUT2D eigenvalue weighted by Crippen LogP contribution is -2.16.